The quantitative estimate of drug-likeness (QED) is 0.803. The van der Waals surface area contributed by atoms with E-state index >= 15 is 0 Å². The normalized spacial score (nSPS) is 17.3. The average Bonchev–Trinajstić information content (AvgIpc) is 2.82. The van der Waals surface area contributed by atoms with E-state index < -0.39 is 0 Å². The molecule has 0 unspecified atom stereocenters. The number of carbonyl (C=O) groups excluding carboxylic acids is 1. The molecule has 0 atom stereocenters. The van der Waals surface area contributed by atoms with Gasteiger partial charge in [-0.15, -0.1) is 0 Å². The Balaban J connectivity index is 1.83. The maximum atomic E-state index is 12.3. The highest BCUT2D eigenvalue weighted by atomic mass is 16.3. The highest BCUT2D eigenvalue weighted by Crippen LogP contribution is 2.18. The third-order valence-electron chi connectivity index (χ3n) is 3.51. The number of aromatic amines is 1. The number of hydrogen-bond acceptors (Lipinski definition) is 2. The van der Waals surface area contributed by atoms with Crippen LogP contribution in [0.3, 0.4) is 0 Å². The lowest BCUT2D eigenvalue weighted by Gasteiger charge is -2.29. The van der Waals surface area contributed by atoms with Crippen LogP contribution in [0.2, 0.25) is 0 Å². The second kappa shape index (κ2) is 4.46. The molecule has 3 rings (SSSR count). The van der Waals surface area contributed by atoms with E-state index in [1.165, 1.54) is 0 Å². The van der Waals surface area contributed by atoms with Crippen molar-refractivity contribution < 1.29 is 9.90 Å². The Kier molecular flexibility index (Phi) is 2.80. The van der Waals surface area contributed by atoms with Crippen molar-refractivity contribution >= 4 is 16.8 Å². The second-order valence-electron chi connectivity index (χ2n) is 4.79. The Morgan fingerprint density at radius 3 is 2.72 bits per heavy atom. The zero-order valence-corrected chi connectivity index (χ0v) is 10.1. The standard InChI is InChI=1S/C14H16N2O2/c17-11-5-7-16(8-6-11)14(18)13-9-10-3-1-2-4-12(10)15-13/h1-4,9,11,15,17H,5-8H2. The number of amides is 1. The summed E-state index contributed by atoms with van der Waals surface area (Å²) in [6.07, 6.45) is 1.09. The number of carbonyl (C=O) groups is 1. The third kappa shape index (κ3) is 1.99. The molecule has 1 saturated heterocycles. The van der Waals surface area contributed by atoms with E-state index in [1.54, 1.807) is 4.90 Å². The van der Waals surface area contributed by atoms with Crippen LogP contribution in [0.25, 0.3) is 10.9 Å². The molecule has 1 aromatic heterocycles. The minimum Gasteiger partial charge on any atom is -0.393 e. The Morgan fingerprint density at radius 2 is 2.00 bits per heavy atom. The Labute approximate surface area is 105 Å². The predicted octanol–water partition coefficient (Wildman–Crippen LogP) is 1.76. The summed E-state index contributed by atoms with van der Waals surface area (Å²) in [5.41, 5.74) is 1.62. The van der Waals surface area contributed by atoms with Crippen LogP contribution in [0, 0.1) is 0 Å². The lowest BCUT2D eigenvalue weighted by Crippen LogP contribution is -2.40. The van der Waals surface area contributed by atoms with E-state index in [0.717, 1.165) is 10.9 Å². The summed E-state index contributed by atoms with van der Waals surface area (Å²) in [4.78, 5) is 17.2. The Hall–Kier alpha value is -1.81. The smallest absolute Gasteiger partial charge is 0.270 e. The van der Waals surface area contributed by atoms with Gasteiger partial charge >= 0.3 is 0 Å². The van der Waals surface area contributed by atoms with Gasteiger partial charge in [0.05, 0.1) is 6.10 Å². The van der Waals surface area contributed by atoms with Gasteiger partial charge in [-0.25, -0.2) is 0 Å². The van der Waals surface area contributed by atoms with Crippen molar-refractivity contribution in [1.29, 1.82) is 0 Å². The number of para-hydroxylation sites is 1. The van der Waals surface area contributed by atoms with Crippen LogP contribution < -0.4 is 0 Å². The van der Waals surface area contributed by atoms with Gasteiger partial charge in [0.25, 0.3) is 5.91 Å². The first-order chi connectivity index (χ1) is 8.74. The van der Waals surface area contributed by atoms with Crippen molar-refractivity contribution in [1.82, 2.24) is 9.88 Å². The van der Waals surface area contributed by atoms with Crippen LogP contribution in [0.15, 0.2) is 30.3 Å². The number of piperidine rings is 1. The number of H-pyrrole nitrogens is 1. The van der Waals surface area contributed by atoms with E-state index in [1.807, 2.05) is 30.3 Å². The SMILES string of the molecule is O=C(c1cc2ccccc2[nH]1)N1CCC(O)CC1. The maximum Gasteiger partial charge on any atom is 0.270 e. The maximum absolute atomic E-state index is 12.3. The van der Waals surface area contributed by atoms with Gasteiger partial charge in [0.15, 0.2) is 0 Å². The van der Waals surface area contributed by atoms with Crippen LogP contribution in [-0.2, 0) is 0 Å². The molecule has 4 heteroatoms. The first-order valence-electron chi connectivity index (χ1n) is 6.29. The molecular formula is C14H16N2O2. The molecule has 4 nitrogen and oxygen atoms in total. The largest absolute Gasteiger partial charge is 0.393 e. The molecular weight excluding hydrogens is 228 g/mol. The molecule has 2 heterocycles. The third-order valence-corrected chi connectivity index (χ3v) is 3.51. The van der Waals surface area contributed by atoms with Gasteiger partial charge in [0, 0.05) is 24.0 Å². The summed E-state index contributed by atoms with van der Waals surface area (Å²) in [6.45, 7) is 1.27. The fourth-order valence-corrected chi connectivity index (χ4v) is 2.43. The topological polar surface area (TPSA) is 56.3 Å². The van der Waals surface area contributed by atoms with Crippen molar-refractivity contribution in [2.24, 2.45) is 0 Å². The Morgan fingerprint density at radius 1 is 1.28 bits per heavy atom. The van der Waals surface area contributed by atoms with Gasteiger partial charge < -0.3 is 15.0 Å². The number of hydrogen-bond donors (Lipinski definition) is 2. The number of aliphatic hydroxyl groups excluding tert-OH is 1. The minimum absolute atomic E-state index is 0.0260. The van der Waals surface area contributed by atoms with E-state index in [9.17, 15) is 9.90 Å². The van der Waals surface area contributed by atoms with Gasteiger partial charge in [0.1, 0.15) is 5.69 Å². The van der Waals surface area contributed by atoms with Crippen molar-refractivity contribution in [3.63, 3.8) is 0 Å². The number of aliphatic hydroxyl groups is 1. The summed E-state index contributed by atoms with van der Waals surface area (Å²) in [5, 5.41) is 10.5. The summed E-state index contributed by atoms with van der Waals surface area (Å²) < 4.78 is 0. The van der Waals surface area contributed by atoms with E-state index in [4.69, 9.17) is 0 Å². The molecule has 1 aliphatic heterocycles. The van der Waals surface area contributed by atoms with Crippen molar-refractivity contribution in [3.8, 4) is 0 Å². The molecule has 2 N–H and O–H groups in total. The van der Waals surface area contributed by atoms with Crippen molar-refractivity contribution in [2.45, 2.75) is 18.9 Å². The average molecular weight is 244 g/mol. The summed E-state index contributed by atoms with van der Waals surface area (Å²) in [6, 6.07) is 9.75. The zero-order valence-electron chi connectivity index (χ0n) is 10.1. The number of aromatic nitrogens is 1. The van der Waals surface area contributed by atoms with Crippen LogP contribution in [0.5, 0.6) is 0 Å². The molecule has 0 saturated carbocycles. The predicted molar refractivity (Wildman–Crippen MR) is 69.4 cm³/mol. The first-order valence-corrected chi connectivity index (χ1v) is 6.29. The molecule has 1 aromatic carbocycles. The van der Waals surface area contributed by atoms with Crippen LogP contribution in [0.1, 0.15) is 23.3 Å². The zero-order chi connectivity index (χ0) is 12.5. The highest BCUT2D eigenvalue weighted by molar-refractivity contribution is 5.98. The van der Waals surface area contributed by atoms with Gasteiger partial charge in [-0.3, -0.25) is 4.79 Å². The molecule has 0 radical (unpaired) electrons. The number of fused-ring (bicyclic) bond motifs is 1. The van der Waals surface area contributed by atoms with Crippen LogP contribution in [-0.4, -0.2) is 40.1 Å². The van der Waals surface area contributed by atoms with Crippen molar-refractivity contribution in [3.05, 3.63) is 36.0 Å². The number of nitrogens with zero attached hydrogens (tertiary/aromatic N) is 1. The summed E-state index contributed by atoms with van der Waals surface area (Å²) in [7, 11) is 0. The molecule has 18 heavy (non-hydrogen) atoms. The molecule has 0 spiro atoms. The second-order valence-corrected chi connectivity index (χ2v) is 4.79. The number of rotatable bonds is 1. The van der Waals surface area contributed by atoms with E-state index in [0.29, 0.717) is 31.6 Å². The van der Waals surface area contributed by atoms with Gasteiger partial charge in [0.2, 0.25) is 0 Å². The monoisotopic (exact) mass is 244 g/mol. The number of likely N-dealkylation sites (tertiary alicyclic amines) is 1. The first kappa shape index (κ1) is 11.3. The lowest BCUT2D eigenvalue weighted by atomic mass is 10.1. The summed E-state index contributed by atoms with van der Waals surface area (Å²) >= 11 is 0. The van der Waals surface area contributed by atoms with E-state index in [-0.39, 0.29) is 12.0 Å². The van der Waals surface area contributed by atoms with Crippen LogP contribution in [0.4, 0.5) is 0 Å². The molecule has 0 bridgehead atoms. The number of benzene rings is 1. The lowest BCUT2D eigenvalue weighted by molar-refractivity contribution is 0.0542. The molecule has 1 fully saturated rings. The molecule has 0 aliphatic carbocycles. The van der Waals surface area contributed by atoms with E-state index in [2.05, 4.69) is 4.98 Å². The van der Waals surface area contributed by atoms with Gasteiger partial charge in [-0.2, -0.15) is 0 Å². The molecule has 2 aromatic rings. The molecule has 1 amide bonds. The number of nitrogens with one attached hydrogen (secondary N) is 1. The minimum atomic E-state index is -0.253. The fraction of sp³-hybridized carbons (Fsp3) is 0.357. The molecule has 1 aliphatic rings. The Bertz CT molecular complexity index is 535. The van der Waals surface area contributed by atoms with Crippen molar-refractivity contribution in [2.75, 3.05) is 13.1 Å². The summed E-state index contributed by atoms with van der Waals surface area (Å²) in [5.74, 6) is 0.0260. The fourth-order valence-electron chi connectivity index (χ4n) is 2.43. The highest BCUT2D eigenvalue weighted by Gasteiger charge is 2.23. The molecule has 94 valence electrons. The van der Waals surface area contributed by atoms with Crippen LogP contribution >= 0.6 is 0 Å². The van der Waals surface area contributed by atoms with Gasteiger partial charge in [-0.05, 0) is 25.0 Å². The van der Waals surface area contributed by atoms with Gasteiger partial charge in [-0.1, -0.05) is 18.2 Å².